The van der Waals surface area contributed by atoms with E-state index in [1.807, 2.05) is 31.3 Å². The van der Waals surface area contributed by atoms with Gasteiger partial charge in [-0.15, -0.1) is 0 Å². The van der Waals surface area contributed by atoms with Crippen molar-refractivity contribution in [2.75, 3.05) is 58.9 Å². The maximum absolute atomic E-state index is 5.50. The Morgan fingerprint density at radius 1 is 1.00 bits per heavy atom. The molecule has 0 spiro atoms. The van der Waals surface area contributed by atoms with E-state index in [0.717, 1.165) is 50.2 Å². The topological polar surface area (TPSA) is 49.3 Å². The van der Waals surface area contributed by atoms with Gasteiger partial charge in [-0.1, -0.05) is 25.1 Å². The van der Waals surface area contributed by atoms with E-state index in [9.17, 15) is 0 Å². The number of hydrogen-bond donors (Lipinski definition) is 1. The Morgan fingerprint density at radius 2 is 1.69 bits per heavy atom. The number of aliphatic imine (C=N–C) groups is 1. The molecule has 1 unspecified atom stereocenters. The second-order valence-electron chi connectivity index (χ2n) is 7.24. The molecule has 29 heavy (non-hydrogen) atoms. The van der Waals surface area contributed by atoms with Gasteiger partial charge in [0, 0.05) is 51.4 Å². The fourth-order valence-electron chi connectivity index (χ4n) is 3.73. The number of benzene rings is 2. The lowest BCUT2D eigenvalue weighted by Crippen LogP contribution is -2.53. The van der Waals surface area contributed by atoms with E-state index in [2.05, 4.69) is 51.3 Å². The van der Waals surface area contributed by atoms with Crippen LogP contribution in [-0.2, 0) is 0 Å². The number of guanidine groups is 1. The molecule has 1 N–H and O–H groups in total. The number of hydrogen-bond acceptors (Lipinski definition) is 4. The van der Waals surface area contributed by atoms with E-state index in [4.69, 9.17) is 9.47 Å². The first-order valence-corrected chi connectivity index (χ1v) is 10.1. The number of anilines is 1. The van der Waals surface area contributed by atoms with Crippen molar-refractivity contribution in [2.45, 2.75) is 12.8 Å². The lowest BCUT2D eigenvalue weighted by atomic mass is 10.0. The molecule has 1 atom stereocenters. The van der Waals surface area contributed by atoms with Crippen molar-refractivity contribution in [1.82, 2.24) is 10.2 Å². The molecule has 156 valence electrons. The normalized spacial score (nSPS) is 15.8. The van der Waals surface area contributed by atoms with Crippen molar-refractivity contribution >= 4 is 11.6 Å². The molecule has 0 bridgehead atoms. The van der Waals surface area contributed by atoms with Gasteiger partial charge in [-0.05, 0) is 35.9 Å². The smallest absolute Gasteiger partial charge is 0.193 e. The quantitative estimate of drug-likeness (QED) is 0.600. The first-order valence-electron chi connectivity index (χ1n) is 10.1. The Balaban J connectivity index is 1.53. The van der Waals surface area contributed by atoms with Gasteiger partial charge in [0.1, 0.15) is 11.5 Å². The molecular formula is C23H32N4O2. The lowest BCUT2D eigenvalue weighted by molar-refractivity contribution is 0.370. The highest BCUT2D eigenvalue weighted by Gasteiger charge is 2.20. The third-order valence-corrected chi connectivity index (χ3v) is 5.46. The van der Waals surface area contributed by atoms with Gasteiger partial charge in [-0.25, -0.2) is 0 Å². The molecule has 1 saturated heterocycles. The number of methoxy groups -OCH3 is 2. The Kier molecular flexibility index (Phi) is 7.22. The molecule has 0 saturated carbocycles. The fraction of sp³-hybridized carbons (Fsp3) is 0.435. The molecule has 6 nitrogen and oxygen atoms in total. The summed E-state index contributed by atoms with van der Waals surface area (Å²) in [7, 11) is 5.27. The zero-order valence-corrected chi connectivity index (χ0v) is 17.9. The molecule has 0 aromatic heterocycles. The van der Waals surface area contributed by atoms with Gasteiger partial charge in [0.15, 0.2) is 5.96 Å². The third-order valence-electron chi connectivity index (χ3n) is 5.46. The molecule has 1 heterocycles. The van der Waals surface area contributed by atoms with Crippen molar-refractivity contribution in [3.8, 4) is 11.5 Å². The van der Waals surface area contributed by atoms with Crippen molar-refractivity contribution in [2.24, 2.45) is 4.99 Å². The van der Waals surface area contributed by atoms with Crippen LogP contribution in [0.2, 0.25) is 0 Å². The molecule has 0 aliphatic carbocycles. The summed E-state index contributed by atoms with van der Waals surface area (Å²) in [5, 5.41) is 3.54. The summed E-state index contributed by atoms with van der Waals surface area (Å²) in [6, 6.07) is 16.5. The van der Waals surface area contributed by atoms with Crippen LogP contribution in [0.3, 0.4) is 0 Å². The largest absolute Gasteiger partial charge is 0.497 e. The third kappa shape index (κ3) is 5.13. The Labute approximate surface area is 174 Å². The highest BCUT2D eigenvalue weighted by atomic mass is 16.5. The van der Waals surface area contributed by atoms with Crippen LogP contribution in [0.25, 0.3) is 0 Å². The summed E-state index contributed by atoms with van der Waals surface area (Å²) < 4.78 is 10.8. The SMILES string of the molecule is CN=C(NCC(C)c1ccccc1OC)N1CCN(c2ccc(OC)cc2)CC1. The Bertz CT molecular complexity index is 799. The molecule has 0 amide bonds. The van der Waals surface area contributed by atoms with E-state index in [1.54, 1.807) is 14.2 Å². The molecule has 0 radical (unpaired) electrons. The average Bonchev–Trinajstić information content (AvgIpc) is 2.79. The molecule has 2 aromatic carbocycles. The highest BCUT2D eigenvalue weighted by Crippen LogP contribution is 2.25. The number of para-hydroxylation sites is 1. The van der Waals surface area contributed by atoms with E-state index in [1.165, 1.54) is 11.3 Å². The molecule has 2 aromatic rings. The number of ether oxygens (including phenoxy) is 2. The molecule has 1 aliphatic rings. The van der Waals surface area contributed by atoms with Gasteiger partial charge in [0.2, 0.25) is 0 Å². The van der Waals surface area contributed by atoms with Crippen LogP contribution in [0.5, 0.6) is 11.5 Å². The van der Waals surface area contributed by atoms with Crippen LogP contribution >= 0.6 is 0 Å². The number of piperazine rings is 1. The zero-order chi connectivity index (χ0) is 20.6. The van der Waals surface area contributed by atoms with Gasteiger partial charge in [0.25, 0.3) is 0 Å². The number of nitrogens with one attached hydrogen (secondary N) is 1. The van der Waals surface area contributed by atoms with Crippen molar-refractivity contribution in [3.63, 3.8) is 0 Å². The zero-order valence-electron chi connectivity index (χ0n) is 17.9. The predicted molar refractivity (Wildman–Crippen MR) is 120 cm³/mol. The van der Waals surface area contributed by atoms with Crippen LogP contribution in [0.4, 0.5) is 5.69 Å². The van der Waals surface area contributed by atoms with Gasteiger partial charge < -0.3 is 24.6 Å². The average molecular weight is 397 g/mol. The van der Waals surface area contributed by atoms with Crippen LogP contribution in [0.15, 0.2) is 53.5 Å². The summed E-state index contributed by atoms with van der Waals surface area (Å²) in [5.74, 6) is 3.11. The van der Waals surface area contributed by atoms with E-state index in [-0.39, 0.29) is 0 Å². The molecule has 1 aliphatic heterocycles. The van der Waals surface area contributed by atoms with Gasteiger partial charge in [0.05, 0.1) is 14.2 Å². The van der Waals surface area contributed by atoms with Crippen molar-refractivity contribution < 1.29 is 9.47 Å². The highest BCUT2D eigenvalue weighted by molar-refractivity contribution is 5.80. The molecular weight excluding hydrogens is 364 g/mol. The second kappa shape index (κ2) is 10.0. The Morgan fingerprint density at radius 3 is 2.31 bits per heavy atom. The summed E-state index contributed by atoms with van der Waals surface area (Å²) in [4.78, 5) is 9.24. The van der Waals surface area contributed by atoms with Crippen LogP contribution in [-0.4, -0.2) is 64.9 Å². The minimum absolute atomic E-state index is 0.323. The summed E-state index contributed by atoms with van der Waals surface area (Å²) in [6.07, 6.45) is 0. The van der Waals surface area contributed by atoms with Crippen LogP contribution < -0.4 is 19.7 Å². The Hall–Kier alpha value is -2.89. The first-order chi connectivity index (χ1) is 14.2. The van der Waals surface area contributed by atoms with E-state index >= 15 is 0 Å². The van der Waals surface area contributed by atoms with E-state index < -0.39 is 0 Å². The number of rotatable bonds is 6. The second-order valence-corrected chi connectivity index (χ2v) is 7.24. The van der Waals surface area contributed by atoms with Gasteiger partial charge in [-0.2, -0.15) is 0 Å². The van der Waals surface area contributed by atoms with Gasteiger partial charge in [-0.3, -0.25) is 4.99 Å². The molecule has 1 fully saturated rings. The van der Waals surface area contributed by atoms with Crippen LogP contribution in [0.1, 0.15) is 18.4 Å². The summed E-state index contributed by atoms with van der Waals surface area (Å²) in [6.45, 7) is 6.83. The van der Waals surface area contributed by atoms with Crippen molar-refractivity contribution in [1.29, 1.82) is 0 Å². The minimum atomic E-state index is 0.323. The standard InChI is InChI=1S/C23H32N4O2/c1-18(21-7-5-6-8-22(21)29-4)17-25-23(24-2)27-15-13-26(14-16-27)19-9-11-20(28-3)12-10-19/h5-12,18H,13-17H2,1-4H3,(H,24,25). The van der Waals surface area contributed by atoms with Gasteiger partial charge >= 0.3 is 0 Å². The summed E-state index contributed by atoms with van der Waals surface area (Å²) >= 11 is 0. The fourth-order valence-corrected chi connectivity index (χ4v) is 3.73. The predicted octanol–water partition coefficient (Wildman–Crippen LogP) is 3.20. The maximum Gasteiger partial charge on any atom is 0.193 e. The lowest BCUT2D eigenvalue weighted by Gasteiger charge is -2.38. The molecule has 6 heteroatoms. The maximum atomic E-state index is 5.50. The monoisotopic (exact) mass is 396 g/mol. The van der Waals surface area contributed by atoms with Crippen molar-refractivity contribution in [3.05, 3.63) is 54.1 Å². The minimum Gasteiger partial charge on any atom is -0.497 e. The van der Waals surface area contributed by atoms with E-state index in [0.29, 0.717) is 5.92 Å². The first kappa shape index (κ1) is 20.8. The van der Waals surface area contributed by atoms with Crippen LogP contribution in [0, 0.1) is 0 Å². The number of nitrogens with zero attached hydrogens (tertiary/aromatic N) is 3. The molecule has 3 rings (SSSR count). The summed E-state index contributed by atoms with van der Waals surface area (Å²) in [5.41, 5.74) is 2.44.